The fourth-order valence-electron chi connectivity index (χ4n) is 2.34. The highest BCUT2D eigenvalue weighted by molar-refractivity contribution is 6.30. The van der Waals surface area contributed by atoms with Crippen LogP contribution in [0.3, 0.4) is 0 Å². The van der Waals surface area contributed by atoms with E-state index in [1.165, 1.54) is 9.80 Å². The molecule has 110 valence electrons. The maximum absolute atomic E-state index is 12.6. The minimum atomic E-state index is -0.402. The van der Waals surface area contributed by atoms with E-state index in [1.54, 1.807) is 24.3 Å². The Kier molecular flexibility index (Phi) is 3.69. The molecule has 0 aromatic heterocycles. The molecule has 4 nitrogen and oxygen atoms in total. The van der Waals surface area contributed by atoms with Crippen LogP contribution < -0.4 is 4.90 Å². The lowest BCUT2D eigenvalue weighted by atomic mass is 10.2. The second kappa shape index (κ2) is 5.66. The van der Waals surface area contributed by atoms with Crippen molar-refractivity contribution in [2.75, 3.05) is 4.90 Å². The first-order chi connectivity index (χ1) is 10.6. The Morgan fingerprint density at radius 3 is 2.23 bits per heavy atom. The number of anilines is 1. The van der Waals surface area contributed by atoms with Crippen molar-refractivity contribution >= 4 is 29.2 Å². The van der Waals surface area contributed by atoms with Crippen LogP contribution in [0.5, 0.6) is 0 Å². The van der Waals surface area contributed by atoms with Crippen molar-refractivity contribution in [1.29, 1.82) is 0 Å². The predicted molar refractivity (Wildman–Crippen MR) is 85.5 cm³/mol. The number of nitrogens with zero attached hydrogens (tertiary/aromatic N) is 2. The van der Waals surface area contributed by atoms with E-state index in [2.05, 4.69) is 6.58 Å². The van der Waals surface area contributed by atoms with E-state index in [4.69, 9.17) is 11.6 Å². The lowest BCUT2D eigenvalue weighted by Crippen LogP contribution is -2.32. The maximum Gasteiger partial charge on any atom is 0.336 e. The minimum Gasteiger partial charge on any atom is -0.267 e. The Balaban J connectivity index is 1.89. The molecule has 1 heterocycles. The van der Waals surface area contributed by atoms with Crippen molar-refractivity contribution in [1.82, 2.24) is 4.90 Å². The van der Waals surface area contributed by atoms with Crippen molar-refractivity contribution in [3.8, 4) is 0 Å². The van der Waals surface area contributed by atoms with Crippen LogP contribution >= 0.6 is 11.6 Å². The zero-order valence-electron chi connectivity index (χ0n) is 11.7. The molecule has 0 saturated carbocycles. The zero-order chi connectivity index (χ0) is 15.7. The number of carbonyl (C=O) groups is 2. The molecule has 2 aromatic carbocycles. The molecule has 0 N–H and O–H groups in total. The summed E-state index contributed by atoms with van der Waals surface area (Å²) < 4.78 is 0. The minimum absolute atomic E-state index is 0.142. The number of rotatable bonds is 3. The van der Waals surface area contributed by atoms with Gasteiger partial charge >= 0.3 is 6.03 Å². The molecule has 0 unspecified atom stereocenters. The molecule has 0 spiro atoms. The smallest absolute Gasteiger partial charge is 0.267 e. The molecule has 0 bridgehead atoms. The van der Waals surface area contributed by atoms with Crippen molar-refractivity contribution < 1.29 is 9.59 Å². The van der Waals surface area contributed by atoms with Gasteiger partial charge in [0.15, 0.2) is 0 Å². The molecule has 3 amide bonds. The Hall–Kier alpha value is -2.59. The summed E-state index contributed by atoms with van der Waals surface area (Å²) in [6.07, 6.45) is 0. The van der Waals surface area contributed by atoms with Crippen LogP contribution in [0.1, 0.15) is 5.56 Å². The topological polar surface area (TPSA) is 40.6 Å². The summed E-state index contributed by atoms with van der Waals surface area (Å²) in [5.74, 6) is -0.385. The van der Waals surface area contributed by atoms with Crippen LogP contribution in [0, 0.1) is 0 Å². The number of imide groups is 1. The highest BCUT2D eigenvalue weighted by atomic mass is 35.5. The van der Waals surface area contributed by atoms with Crippen LogP contribution in [-0.2, 0) is 11.3 Å². The maximum atomic E-state index is 12.6. The fraction of sp³-hybridized carbons (Fsp3) is 0.0588. The summed E-state index contributed by atoms with van der Waals surface area (Å²) in [6, 6.07) is 15.7. The molecule has 1 aliphatic heterocycles. The molecule has 0 aliphatic carbocycles. The van der Waals surface area contributed by atoms with Crippen molar-refractivity contribution in [3.05, 3.63) is 77.5 Å². The number of hydrogen-bond acceptors (Lipinski definition) is 2. The van der Waals surface area contributed by atoms with Gasteiger partial charge in [-0.25, -0.2) is 4.79 Å². The number of benzene rings is 2. The van der Waals surface area contributed by atoms with Gasteiger partial charge in [-0.1, -0.05) is 48.5 Å². The number of hydrogen-bond donors (Lipinski definition) is 0. The summed E-state index contributed by atoms with van der Waals surface area (Å²) >= 11 is 5.85. The van der Waals surface area contributed by atoms with Gasteiger partial charge in [-0.2, -0.15) is 0 Å². The Morgan fingerprint density at radius 1 is 0.955 bits per heavy atom. The highest BCUT2D eigenvalue weighted by Gasteiger charge is 2.40. The van der Waals surface area contributed by atoms with E-state index in [0.29, 0.717) is 10.7 Å². The van der Waals surface area contributed by atoms with E-state index in [1.807, 2.05) is 30.3 Å². The van der Waals surface area contributed by atoms with Gasteiger partial charge < -0.3 is 0 Å². The third-order valence-electron chi connectivity index (χ3n) is 3.45. The molecule has 3 rings (SSSR count). The lowest BCUT2D eigenvalue weighted by Gasteiger charge is -2.17. The zero-order valence-corrected chi connectivity index (χ0v) is 12.5. The molecule has 0 radical (unpaired) electrons. The van der Waals surface area contributed by atoms with E-state index in [-0.39, 0.29) is 18.1 Å². The number of urea groups is 1. The van der Waals surface area contributed by atoms with Crippen LogP contribution in [-0.4, -0.2) is 16.8 Å². The highest BCUT2D eigenvalue weighted by Crippen LogP contribution is 2.29. The molecule has 0 atom stereocenters. The van der Waals surface area contributed by atoms with Crippen molar-refractivity contribution in [2.24, 2.45) is 0 Å². The van der Waals surface area contributed by atoms with Crippen LogP contribution in [0.25, 0.3) is 0 Å². The van der Waals surface area contributed by atoms with Gasteiger partial charge in [-0.05, 0) is 29.8 Å². The van der Waals surface area contributed by atoms with Crippen LogP contribution in [0.4, 0.5) is 10.5 Å². The molecule has 22 heavy (non-hydrogen) atoms. The summed E-state index contributed by atoms with van der Waals surface area (Å²) in [4.78, 5) is 27.4. The first-order valence-electron chi connectivity index (χ1n) is 6.72. The lowest BCUT2D eigenvalue weighted by molar-refractivity contribution is -0.123. The van der Waals surface area contributed by atoms with E-state index in [0.717, 1.165) is 5.56 Å². The summed E-state index contributed by atoms with van der Waals surface area (Å²) in [7, 11) is 0. The number of carbonyl (C=O) groups excluding carboxylic acids is 2. The SMILES string of the molecule is C=C1C(=O)N(Cc2ccccc2)C(=O)N1c1ccc(Cl)cc1. The standard InChI is InChI=1S/C17H13ClN2O2/c1-12-16(21)19(11-13-5-3-2-4-6-13)17(22)20(12)15-9-7-14(18)8-10-15/h2-10H,1,11H2. The molecular formula is C17H13ClN2O2. The van der Waals surface area contributed by atoms with Gasteiger partial charge in [0.2, 0.25) is 0 Å². The van der Waals surface area contributed by atoms with Gasteiger partial charge in [0.25, 0.3) is 5.91 Å². The first kappa shape index (κ1) is 14.4. The van der Waals surface area contributed by atoms with Gasteiger partial charge in [0.1, 0.15) is 5.70 Å². The molecule has 1 fully saturated rings. The third kappa shape index (κ3) is 2.49. The molecular weight excluding hydrogens is 300 g/mol. The summed E-state index contributed by atoms with van der Waals surface area (Å²) in [6.45, 7) is 3.96. The van der Waals surface area contributed by atoms with Gasteiger partial charge in [-0.15, -0.1) is 0 Å². The van der Waals surface area contributed by atoms with E-state index >= 15 is 0 Å². The van der Waals surface area contributed by atoms with E-state index < -0.39 is 6.03 Å². The third-order valence-corrected chi connectivity index (χ3v) is 3.70. The van der Waals surface area contributed by atoms with Crippen LogP contribution in [0.2, 0.25) is 5.02 Å². The number of amides is 3. The average molecular weight is 313 g/mol. The van der Waals surface area contributed by atoms with Gasteiger partial charge in [0, 0.05) is 5.02 Å². The first-order valence-corrected chi connectivity index (χ1v) is 7.10. The van der Waals surface area contributed by atoms with Crippen molar-refractivity contribution in [3.63, 3.8) is 0 Å². The fourth-order valence-corrected chi connectivity index (χ4v) is 2.46. The summed E-state index contributed by atoms with van der Waals surface area (Å²) in [5.41, 5.74) is 1.60. The largest absolute Gasteiger partial charge is 0.336 e. The Labute approximate surface area is 133 Å². The number of halogens is 1. The molecule has 1 saturated heterocycles. The summed E-state index contributed by atoms with van der Waals surface area (Å²) in [5, 5.41) is 0.563. The van der Waals surface area contributed by atoms with Crippen molar-refractivity contribution in [2.45, 2.75) is 6.54 Å². The molecule has 1 aliphatic rings. The monoisotopic (exact) mass is 312 g/mol. The average Bonchev–Trinajstić information content (AvgIpc) is 2.73. The normalized spacial score (nSPS) is 14.9. The molecule has 2 aromatic rings. The second-order valence-corrected chi connectivity index (χ2v) is 5.35. The van der Waals surface area contributed by atoms with Gasteiger partial charge in [0.05, 0.1) is 12.2 Å². The predicted octanol–water partition coefficient (Wildman–Crippen LogP) is 3.82. The van der Waals surface area contributed by atoms with Crippen LogP contribution in [0.15, 0.2) is 66.9 Å². The second-order valence-electron chi connectivity index (χ2n) is 4.92. The quantitative estimate of drug-likeness (QED) is 0.638. The van der Waals surface area contributed by atoms with E-state index in [9.17, 15) is 9.59 Å². The van der Waals surface area contributed by atoms with Gasteiger partial charge in [-0.3, -0.25) is 14.6 Å². The Bertz CT molecular complexity index is 741. The Morgan fingerprint density at radius 2 is 1.59 bits per heavy atom. The molecule has 5 heteroatoms.